The van der Waals surface area contributed by atoms with Gasteiger partial charge < -0.3 is 16.6 Å². The van der Waals surface area contributed by atoms with Crippen LogP contribution in [0.3, 0.4) is 0 Å². The van der Waals surface area contributed by atoms with E-state index in [0.717, 1.165) is 36.4 Å². The Bertz CT molecular complexity index is 2400. The van der Waals surface area contributed by atoms with Gasteiger partial charge in [-0.2, -0.15) is 25.3 Å². The Balaban J connectivity index is 0.000000409. The first-order chi connectivity index (χ1) is 21.3. The predicted octanol–water partition coefficient (Wildman–Crippen LogP) is 4.61. The molecule has 0 atom stereocenters. The van der Waals surface area contributed by atoms with Crippen molar-refractivity contribution in [2.24, 2.45) is 10.2 Å². The Morgan fingerprint density at radius 2 is 1.22 bits per heavy atom. The summed E-state index contributed by atoms with van der Waals surface area (Å²) in [5, 5.41) is 28.6. The van der Waals surface area contributed by atoms with Gasteiger partial charge in [0.15, 0.2) is 5.75 Å². The highest BCUT2D eigenvalue weighted by Gasteiger charge is 2.23. The van der Waals surface area contributed by atoms with E-state index >= 15 is 0 Å². The number of fused-ring (bicyclic) bond motifs is 2. The number of hydrogen-bond acceptors (Lipinski definition) is 13. The Labute approximate surface area is 259 Å². The molecular weight excluding hydrogens is 671 g/mol. The fourth-order valence-corrected chi connectivity index (χ4v) is 5.75. The quantitative estimate of drug-likeness (QED) is 0.0466. The van der Waals surface area contributed by atoms with Crippen molar-refractivity contribution in [2.75, 3.05) is 11.5 Å². The Hall–Kier alpha value is -5.25. The van der Waals surface area contributed by atoms with Crippen LogP contribution in [-0.4, -0.2) is 48.9 Å². The average molecular weight is 692 g/mol. The molecule has 5 aromatic rings. The van der Waals surface area contributed by atoms with Gasteiger partial charge in [0.25, 0.3) is 36.0 Å². The molecule has 0 aliphatic heterocycles. The van der Waals surface area contributed by atoms with Crippen molar-refractivity contribution in [3.05, 3.63) is 89.0 Å². The first-order valence-electron chi connectivity index (χ1n) is 12.2. The number of azo groups is 1. The Kier molecular flexibility index (Phi) is 8.97. The van der Waals surface area contributed by atoms with Crippen molar-refractivity contribution in [1.29, 1.82) is 0 Å². The molecule has 8 N–H and O–H groups in total. The van der Waals surface area contributed by atoms with Crippen LogP contribution in [0.5, 0.6) is 5.75 Å². The first-order valence-corrected chi connectivity index (χ1v) is 16.6. The third-order valence-corrected chi connectivity index (χ3v) is 8.82. The third-order valence-electron chi connectivity index (χ3n) is 6.26. The number of phenolic OH excluding ortho intramolecular Hbond substituents is 1. The highest BCUT2D eigenvalue weighted by Crippen LogP contribution is 2.42. The van der Waals surface area contributed by atoms with Crippen LogP contribution >= 0.6 is 0 Å². The Morgan fingerprint density at radius 1 is 0.652 bits per heavy atom. The molecule has 5 rings (SSSR count). The summed E-state index contributed by atoms with van der Waals surface area (Å²) >= 11 is 0. The molecule has 0 spiro atoms. The second-order valence-electron chi connectivity index (χ2n) is 9.31. The third kappa shape index (κ3) is 7.34. The van der Waals surface area contributed by atoms with Gasteiger partial charge in [-0.1, -0.05) is 6.07 Å². The largest absolute Gasteiger partial charge is 0.505 e. The van der Waals surface area contributed by atoms with E-state index in [2.05, 4.69) is 10.2 Å². The first kappa shape index (κ1) is 33.6. The second kappa shape index (κ2) is 12.3. The van der Waals surface area contributed by atoms with Crippen LogP contribution in [0, 0.1) is 10.1 Å². The lowest BCUT2D eigenvalue weighted by atomic mass is 10.1. The van der Waals surface area contributed by atoms with Gasteiger partial charge in [0.2, 0.25) is 0 Å². The number of benzene rings is 5. The van der Waals surface area contributed by atoms with Crippen LogP contribution in [0.1, 0.15) is 0 Å². The summed E-state index contributed by atoms with van der Waals surface area (Å²) < 4.78 is 98.3. The molecule has 0 saturated carbocycles. The molecule has 0 unspecified atom stereocenters. The van der Waals surface area contributed by atoms with Crippen LogP contribution < -0.4 is 11.5 Å². The maximum atomic E-state index is 12.0. The SMILES string of the molecule is Nc1ccc(N=Nc2c(S(=O)(=O)O)cc3cc(S(=O)(=O)O)ccc3c2O)c2cc(S(=O)(=O)O)ccc12.Nc1ccc([N+](=O)[O-])cc1. The topological polar surface area (TPSA) is 303 Å². The van der Waals surface area contributed by atoms with E-state index in [1.165, 1.54) is 42.5 Å². The predicted molar refractivity (Wildman–Crippen MR) is 165 cm³/mol. The number of hydrogen-bond donors (Lipinski definition) is 6. The van der Waals surface area contributed by atoms with E-state index in [0.29, 0.717) is 11.1 Å². The average Bonchev–Trinajstić information content (AvgIpc) is 2.96. The summed E-state index contributed by atoms with van der Waals surface area (Å²) in [6, 6.07) is 15.7. The number of anilines is 2. The molecule has 17 nitrogen and oxygen atoms in total. The van der Waals surface area contributed by atoms with Gasteiger partial charge in [0.05, 0.1) is 20.4 Å². The van der Waals surface area contributed by atoms with Crippen molar-refractivity contribution in [3.63, 3.8) is 0 Å². The molecule has 5 aromatic carbocycles. The molecule has 0 saturated heterocycles. The molecule has 0 amide bonds. The van der Waals surface area contributed by atoms with E-state index in [1.54, 1.807) is 0 Å². The van der Waals surface area contributed by atoms with Gasteiger partial charge >= 0.3 is 0 Å². The normalized spacial score (nSPS) is 12.2. The summed E-state index contributed by atoms with van der Waals surface area (Å²) in [6.07, 6.45) is 0. The molecule has 0 aliphatic rings. The summed E-state index contributed by atoms with van der Waals surface area (Å²) in [7, 11) is -14.3. The van der Waals surface area contributed by atoms with Gasteiger partial charge in [-0.25, -0.2) is 0 Å². The molecule has 0 aromatic heterocycles. The highest BCUT2D eigenvalue weighted by atomic mass is 32.2. The zero-order valence-electron chi connectivity index (χ0n) is 22.8. The maximum absolute atomic E-state index is 12.0. The number of rotatable bonds is 6. The number of aromatic hydroxyl groups is 1. The number of nitrogens with zero attached hydrogens (tertiary/aromatic N) is 3. The van der Waals surface area contributed by atoms with Crippen LogP contribution in [-0.2, 0) is 30.4 Å². The monoisotopic (exact) mass is 691 g/mol. The minimum Gasteiger partial charge on any atom is -0.505 e. The van der Waals surface area contributed by atoms with Crippen LogP contribution in [0.4, 0.5) is 28.4 Å². The van der Waals surface area contributed by atoms with E-state index in [1.807, 2.05) is 0 Å². The van der Waals surface area contributed by atoms with Gasteiger partial charge in [-0.3, -0.25) is 23.8 Å². The molecular formula is C26H21N5O12S3. The molecule has 240 valence electrons. The van der Waals surface area contributed by atoms with Crippen molar-refractivity contribution < 1.29 is 48.9 Å². The van der Waals surface area contributed by atoms with Gasteiger partial charge in [-0.15, -0.1) is 10.2 Å². The van der Waals surface area contributed by atoms with Gasteiger partial charge in [-0.05, 0) is 66.0 Å². The number of nitrogens with two attached hydrogens (primary N) is 2. The molecule has 46 heavy (non-hydrogen) atoms. The second-order valence-corrected chi connectivity index (χ2v) is 13.5. The van der Waals surface area contributed by atoms with E-state index < -0.39 is 61.4 Å². The van der Waals surface area contributed by atoms with Crippen LogP contribution in [0.25, 0.3) is 21.5 Å². The number of nitrogen functional groups attached to an aromatic ring is 2. The van der Waals surface area contributed by atoms with E-state index in [4.69, 9.17) is 11.5 Å². The zero-order chi connectivity index (χ0) is 34.2. The smallest absolute Gasteiger partial charge is 0.296 e. The highest BCUT2D eigenvalue weighted by molar-refractivity contribution is 7.86. The van der Waals surface area contributed by atoms with Crippen molar-refractivity contribution in [3.8, 4) is 5.75 Å². The number of nitro benzene ring substituents is 1. The standard InChI is InChI=1S/C20H15N3O10S3.C6H6N2O2/c21-16-5-6-17(15-9-12(35(28,29)30)2-4-14(15)16)22-23-19-18(36(31,32)33)8-10-7-11(34(25,26)27)1-3-13(10)20(19)24;7-5-1-3-6(4-2-5)8(9)10/h1-9,24H,21H2,(H,25,26,27)(H,28,29,30)(H,31,32,33);1-4H,7H2. The van der Waals surface area contributed by atoms with E-state index in [-0.39, 0.29) is 33.2 Å². The lowest BCUT2D eigenvalue weighted by molar-refractivity contribution is -0.384. The zero-order valence-corrected chi connectivity index (χ0v) is 25.2. The van der Waals surface area contributed by atoms with Gasteiger partial charge in [0, 0.05) is 39.7 Å². The fourth-order valence-electron chi connectivity index (χ4n) is 4.07. The maximum Gasteiger partial charge on any atom is 0.296 e. The van der Waals surface area contributed by atoms with E-state index in [9.17, 15) is 54.1 Å². The molecule has 0 bridgehead atoms. The molecule has 0 aliphatic carbocycles. The molecule has 0 radical (unpaired) electrons. The summed E-state index contributed by atoms with van der Waals surface area (Å²) in [6.45, 7) is 0. The summed E-state index contributed by atoms with van der Waals surface area (Å²) in [5.74, 6) is -0.788. The number of non-ortho nitro benzene ring substituents is 1. The molecule has 20 heteroatoms. The van der Waals surface area contributed by atoms with Crippen LogP contribution in [0.2, 0.25) is 0 Å². The summed E-state index contributed by atoms with van der Waals surface area (Å²) in [5.41, 5.74) is 11.3. The summed E-state index contributed by atoms with van der Waals surface area (Å²) in [4.78, 5) is 7.63. The van der Waals surface area contributed by atoms with Crippen LogP contribution in [0.15, 0.2) is 104 Å². The molecule has 0 heterocycles. The van der Waals surface area contributed by atoms with Crippen molar-refractivity contribution >= 4 is 80.3 Å². The number of nitro groups is 1. The fraction of sp³-hybridized carbons (Fsp3) is 0. The van der Waals surface area contributed by atoms with Gasteiger partial charge in [0.1, 0.15) is 10.6 Å². The Morgan fingerprint density at radius 3 is 1.76 bits per heavy atom. The lowest BCUT2D eigenvalue weighted by Gasteiger charge is -2.10. The molecule has 0 fully saturated rings. The van der Waals surface area contributed by atoms with Crippen molar-refractivity contribution in [1.82, 2.24) is 0 Å². The minimum absolute atomic E-state index is 0.0350. The minimum atomic E-state index is -5.03. The van der Waals surface area contributed by atoms with Crippen molar-refractivity contribution in [2.45, 2.75) is 14.7 Å². The lowest BCUT2D eigenvalue weighted by Crippen LogP contribution is -2.00. The number of phenols is 1.